The molecule has 122 valence electrons. The summed E-state index contributed by atoms with van der Waals surface area (Å²) in [5, 5.41) is 5.66. The average molecular weight is 397 g/mol. The van der Waals surface area contributed by atoms with E-state index in [9.17, 15) is 13.2 Å². The highest BCUT2D eigenvalue weighted by molar-refractivity contribution is 9.10. The molecule has 0 unspecified atom stereocenters. The summed E-state index contributed by atoms with van der Waals surface area (Å²) in [6.45, 7) is 1.98. The van der Waals surface area contributed by atoms with Crippen LogP contribution in [0.2, 0.25) is 0 Å². The fourth-order valence-electron chi connectivity index (χ4n) is 2.09. The molecule has 0 fully saturated rings. The van der Waals surface area contributed by atoms with Gasteiger partial charge in [-0.3, -0.25) is 4.79 Å². The molecule has 0 heterocycles. The predicted octanol–water partition coefficient (Wildman–Crippen LogP) is 3.21. The zero-order valence-electron chi connectivity index (χ0n) is 12.8. The molecule has 0 atom stereocenters. The van der Waals surface area contributed by atoms with Crippen molar-refractivity contribution in [2.45, 2.75) is 11.8 Å². The Hall–Kier alpha value is -1.86. The summed E-state index contributed by atoms with van der Waals surface area (Å²) in [5.41, 5.74) is 2.14. The molecule has 2 aromatic rings. The fraction of sp³-hybridized carbons (Fsp3) is 0.188. The number of amides is 1. The first-order chi connectivity index (χ1) is 10.8. The Kier molecular flexibility index (Phi) is 5.43. The zero-order valence-corrected chi connectivity index (χ0v) is 15.2. The van der Waals surface area contributed by atoms with Crippen LogP contribution >= 0.6 is 15.9 Å². The van der Waals surface area contributed by atoms with Crippen LogP contribution in [0.1, 0.15) is 5.56 Å². The van der Waals surface area contributed by atoms with Crippen molar-refractivity contribution in [1.29, 1.82) is 0 Å². The molecule has 1 amide bonds. The van der Waals surface area contributed by atoms with Crippen LogP contribution in [0.15, 0.2) is 51.8 Å². The van der Waals surface area contributed by atoms with E-state index in [4.69, 9.17) is 0 Å². The van der Waals surface area contributed by atoms with Crippen molar-refractivity contribution in [3.05, 3.63) is 52.5 Å². The Morgan fingerprint density at radius 2 is 1.83 bits per heavy atom. The summed E-state index contributed by atoms with van der Waals surface area (Å²) in [4.78, 5) is 12.2. The quantitative estimate of drug-likeness (QED) is 0.813. The third-order valence-electron chi connectivity index (χ3n) is 3.19. The van der Waals surface area contributed by atoms with Crippen LogP contribution in [0, 0.1) is 6.92 Å². The van der Waals surface area contributed by atoms with E-state index in [1.807, 2.05) is 25.1 Å². The summed E-state index contributed by atoms with van der Waals surface area (Å²) in [5.74, 6) is -0.316. The van der Waals surface area contributed by atoms with Crippen LogP contribution in [-0.2, 0) is 14.6 Å². The molecule has 2 rings (SSSR count). The number of nitrogens with one attached hydrogen (secondary N) is 2. The number of anilines is 2. The molecule has 0 radical (unpaired) electrons. The van der Waals surface area contributed by atoms with E-state index in [1.54, 1.807) is 18.2 Å². The summed E-state index contributed by atoms with van der Waals surface area (Å²) in [6.07, 6.45) is 1.11. The first-order valence-corrected chi connectivity index (χ1v) is 9.55. The molecule has 7 heteroatoms. The van der Waals surface area contributed by atoms with Gasteiger partial charge in [0, 0.05) is 16.4 Å². The molecule has 0 aliphatic rings. The smallest absolute Gasteiger partial charge is 0.243 e. The number of hydrogen-bond donors (Lipinski definition) is 2. The summed E-state index contributed by atoms with van der Waals surface area (Å²) in [6, 6.07) is 12.0. The summed E-state index contributed by atoms with van der Waals surface area (Å²) in [7, 11) is -3.40. The molecule has 2 N–H and O–H groups in total. The molecule has 2 aromatic carbocycles. The lowest BCUT2D eigenvalue weighted by Gasteiger charge is -2.12. The summed E-state index contributed by atoms with van der Waals surface area (Å²) >= 11 is 3.38. The number of benzene rings is 2. The van der Waals surface area contributed by atoms with Gasteiger partial charge in [0.25, 0.3) is 0 Å². The Bertz CT molecular complexity index is 835. The maximum Gasteiger partial charge on any atom is 0.243 e. The van der Waals surface area contributed by atoms with E-state index in [0.29, 0.717) is 0 Å². The van der Waals surface area contributed by atoms with Gasteiger partial charge in [-0.05, 0) is 42.8 Å². The van der Waals surface area contributed by atoms with E-state index in [0.717, 1.165) is 22.0 Å². The normalized spacial score (nSPS) is 11.1. The van der Waals surface area contributed by atoms with Crippen LogP contribution in [0.5, 0.6) is 0 Å². The van der Waals surface area contributed by atoms with E-state index >= 15 is 0 Å². The molecule has 23 heavy (non-hydrogen) atoms. The first-order valence-electron chi connectivity index (χ1n) is 6.86. The molecule has 5 nitrogen and oxygen atoms in total. The van der Waals surface area contributed by atoms with Crippen molar-refractivity contribution < 1.29 is 13.2 Å². The van der Waals surface area contributed by atoms with Crippen molar-refractivity contribution in [2.24, 2.45) is 0 Å². The van der Waals surface area contributed by atoms with E-state index < -0.39 is 9.84 Å². The average Bonchev–Trinajstić information content (AvgIpc) is 2.46. The van der Waals surface area contributed by atoms with E-state index in [2.05, 4.69) is 26.6 Å². The molecule has 0 spiro atoms. The third kappa shape index (κ3) is 4.80. The monoisotopic (exact) mass is 396 g/mol. The number of carbonyl (C=O) groups is 1. The van der Waals surface area contributed by atoms with Crippen molar-refractivity contribution in [3.63, 3.8) is 0 Å². The lowest BCUT2D eigenvalue weighted by atomic mass is 10.2. The Balaban J connectivity index is 2.06. The lowest BCUT2D eigenvalue weighted by molar-refractivity contribution is -0.114. The van der Waals surface area contributed by atoms with Crippen LogP contribution in [0.25, 0.3) is 0 Å². The zero-order chi connectivity index (χ0) is 17.0. The van der Waals surface area contributed by atoms with Gasteiger partial charge in [0.15, 0.2) is 9.84 Å². The fourth-order valence-corrected chi connectivity index (χ4v) is 3.41. The molecule has 0 aromatic heterocycles. The molecular formula is C16H17BrN2O3S. The van der Waals surface area contributed by atoms with Gasteiger partial charge < -0.3 is 10.6 Å². The number of rotatable bonds is 5. The van der Waals surface area contributed by atoms with Crippen LogP contribution in [0.4, 0.5) is 11.4 Å². The molecular weight excluding hydrogens is 380 g/mol. The minimum Gasteiger partial charge on any atom is -0.376 e. The lowest BCUT2D eigenvalue weighted by Crippen LogP contribution is -2.23. The maximum atomic E-state index is 12.1. The van der Waals surface area contributed by atoms with Crippen LogP contribution in [0.3, 0.4) is 0 Å². The Labute approximate surface area is 144 Å². The van der Waals surface area contributed by atoms with Gasteiger partial charge in [-0.25, -0.2) is 8.42 Å². The van der Waals surface area contributed by atoms with Crippen molar-refractivity contribution in [3.8, 4) is 0 Å². The molecule has 0 saturated carbocycles. The second-order valence-corrected chi connectivity index (χ2v) is 8.03. The highest BCUT2D eigenvalue weighted by atomic mass is 79.9. The van der Waals surface area contributed by atoms with E-state index in [1.165, 1.54) is 6.07 Å². The van der Waals surface area contributed by atoms with Crippen molar-refractivity contribution >= 4 is 43.0 Å². The van der Waals surface area contributed by atoms with Gasteiger partial charge in [0.2, 0.25) is 5.91 Å². The third-order valence-corrected chi connectivity index (χ3v) is 4.84. The number of aryl methyl sites for hydroxylation is 1. The molecule has 0 saturated heterocycles. The minimum atomic E-state index is -3.40. The Morgan fingerprint density at radius 3 is 2.48 bits per heavy atom. The second kappa shape index (κ2) is 7.14. The Morgan fingerprint density at radius 1 is 1.13 bits per heavy atom. The van der Waals surface area contributed by atoms with Crippen LogP contribution in [-0.4, -0.2) is 27.1 Å². The highest BCUT2D eigenvalue weighted by Gasteiger charge is 2.14. The number of hydrogen-bond acceptors (Lipinski definition) is 4. The standard InChI is InChI=1S/C16H17BrN2O3S/c1-11-9-12(17)7-8-13(11)18-10-16(20)19-14-5-3-4-6-15(14)23(2,21)22/h3-9,18H,10H2,1-2H3,(H,19,20). The topological polar surface area (TPSA) is 75.3 Å². The first kappa shape index (κ1) is 17.5. The summed E-state index contributed by atoms with van der Waals surface area (Å²) < 4.78 is 24.4. The number of para-hydroxylation sites is 1. The number of halogens is 1. The van der Waals surface area contributed by atoms with Gasteiger partial charge in [0.1, 0.15) is 0 Å². The highest BCUT2D eigenvalue weighted by Crippen LogP contribution is 2.21. The predicted molar refractivity (Wildman–Crippen MR) is 95.6 cm³/mol. The van der Waals surface area contributed by atoms with Gasteiger partial charge in [0.05, 0.1) is 17.1 Å². The number of carbonyl (C=O) groups excluding carboxylic acids is 1. The maximum absolute atomic E-state index is 12.1. The molecule has 0 aliphatic carbocycles. The molecule has 0 bridgehead atoms. The minimum absolute atomic E-state index is 0.0422. The largest absolute Gasteiger partial charge is 0.376 e. The van der Waals surface area contributed by atoms with E-state index in [-0.39, 0.29) is 23.0 Å². The van der Waals surface area contributed by atoms with Gasteiger partial charge in [-0.15, -0.1) is 0 Å². The van der Waals surface area contributed by atoms with Gasteiger partial charge >= 0.3 is 0 Å². The van der Waals surface area contributed by atoms with Gasteiger partial charge in [-0.2, -0.15) is 0 Å². The van der Waals surface area contributed by atoms with Crippen molar-refractivity contribution in [2.75, 3.05) is 23.4 Å². The SMILES string of the molecule is Cc1cc(Br)ccc1NCC(=O)Nc1ccccc1S(C)(=O)=O. The van der Waals surface area contributed by atoms with Crippen molar-refractivity contribution in [1.82, 2.24) is 0 Å². The second-order valence-electron chi connectivity index (χ2n) is 5.13. The van der Waals surface area contributed by atoms with Gasteiger partial charge in [-0.1, -0.05) is 28.1 Å². The molecule has 0 aliphatic heterocycles. The number of sulfone groups is 1. The van der Waals surface area contributed by atoms with Crippen LogP contribution < -0.4 is 10.6 Å².